The fourth-order valence-electron chi connectivity index (χ4n) is 2.25. The van der Waals surface area contributed by atoms with Gasteiger partial charge in [0.25, 0.3) is 0 Å². The number of benzene rings is 1. The van der Waals surface area contributed by atoms with Crippen molar-refractivity contribution in [3.05, 3.63) is 18.2 Å². The van der Waals surface area contributed by atoms with Crippen LogP contribution in [-0.4, -0.2) is 21.0 Å². The molecule has 1 aliphatic rings. The van der Waals surface area contributed by atoms with Crippen molar-refractivity contribution in [3.8, 4) is 0 Å². The topological polar surface area (TPSA) is 89.4 Å². The highest BCUT2D eigenvalue weighted by Crippen LogP contribution is 2.37. The molecule has 0 spiro atoms. The van der Waals surface area contributed by atoms with Gasteiger partial charge in [-0.1, -0.05) is 19.9 Å². The first-order chi connectivity index (χ1) is 8.80. The largest absolute Gasteiger partial charge is 0.396 e. The Bertz CT molecular complexity index is 565. The number of sulfonamides is 1. The van der Waals surface area contributed by atoms with Gasteiger partial charge in [0.05, 0.1) is 11.4 Å². The maximum atomic E-state index is 11.5. The van der Waals surface area contributed by atoms with Gasteiger partial charge in [-0.15, -0.1) is 0 Å². The average Bonchev–Trinajstić information content (AvgIpc) is 3.08. The van der Waals surface area contributed by atoms with Gasteiger partial charge in [0.15, 0.2) is 0 Å². The smallest absolute Gasteiger partial charge is 0.240 e. The summed E-state index contributed by atoms with van der Waals surface area (Å²) in [5.74, 6) is 0.484. The monoisotopic (exact) mass is 283 g/mol. The molecule has 1 aliphatic carbocycles. The summed E-state index contributed by atoms with van der Waals surface area (Å²) in [5.41, 5.74) is 7.05. The summed E-state index contributed by atoms with van der Waals surface area (Å²) in [6.07, 6.45) is 2.26. The lowest BCUT2D eigenvalue weighted by Gasteiger charge is -2.28. The van der Waals surface area contributed by atoms with Crippen LogP contribution in [0, 0.1) is 5.92 Å². The SMILES string of the molecule is CC(C)CN(c1cccc(S(N)(=O)=O)c1N)C1CC1. The van der Waals surface area contributed by atoms with Crippen LogP contribution < -0.4 is 15.8 Å². The predicted molar refractivity (Wildman–Crippen MR) is 77.4 cm³/mol. The van der Waals surface area contributed by atoms with Crippen molar-refractivity contribution in [2.24, 2.45) is 11.1 Å². The average molecular weight is 283 g/mol. The van der Waals surface area contributed by atoms with Crippen molar-refractivity contribution in [3.63, 3.8) is 0 Å². The molecule has 2 rings (SSSR count). The van der Waals surface area contributed by atoms with Crippen LogP contribution >= 0.6 is 0 Å². The molecule has 6 heteroatoms. The van der Waals surface area contributed by atoms with E-state index in [9.17, 15) is 8.42 Å². The molecule has 1 aromatic carbocycles. The molecule has 106 valence electrons. The second-order valence-electron chi connectivity index (χ2n) is 5.51. The first-order valence-electron chi connectivity index (χ1n) is 6.48. The second-order valence-corrected chi connectivity index (χ2v) is 7.04. The minimum Gasteiger partial charge on any atom is -0.396 e. The predicted octanol–water partition coefficient (Wildman–Crippen LogP) is 1.54. The van der Waals surface area contributed by atoms with E-state index in [4.69, 9.17) is 10.9 Å². The highest BCUT2D eigenvalue weighted by Gasteiger charge is 2.31. The Balaban J connectivity index is 2.43. The molecule has 0 saturated heterocycles. The van der Waals surface area contributed by atoms with Crippen LogP contribution in [0.5, 0.6) is 0 Å². The maximum absolute atomic E-state index is 11.5. The van der Waals surface area contributed by atoms with E-state index in [1.54, 1.807) is 6.07 Å². The Morgan fingerprint density at radius 1 is 1.37 bits per heavy atom. The third-order valence-corrected chi connectivity index (χ3v) is 4.18. The summed E-state index contributed by atoms with van der Waals surface area (Å²) in [7, 11) is -3.77. The van der Waals surface area contributed by atoms with Gasteiger partial charge in [0.1, 0.15) is 4.90 Å². The first kappa shape index (κ1) is 14.1. The fourth-order valence-corrected chi connectivity index (χ4v) is 2.93. The molecule has 1 fully saturated rings. The number of hydrogen-bond donors (Lipinski definition) is 2. The van der Waals surface area contributed by atoms with E-state index < -0.39 is 10.0 Å². The molecule has 0 amide bonds. The van der Waals surface area contributed by atoms with E-state index in [2.05, 4.69) is 18.7 Å². The molecule has 0 aliphatic heterocycles. The van der Waals surface area contributed by atoms with Gasteiger partial charge in [0, 0.05) is 12.6 Å². The van der Waals surface area contributed by atoms with Crippen molar-refractivity contribution in [1.29, 1.82) is 0 Å². The summed E-state index contributed by atoms with van der Waals surface area (Å²) < 4.78 is 23.0. The quantitative estimate of drug-likeness (QED) is 0.802. The van der Waals surface area contributed by atoms with E-state index in [-0.39, 0.29) is 10.6 Å². The number of hydrogen-bond acceptors (Lipinski definition) is 4. The molecule has 19 heavy (non-hydrogen) atoms. The van der Waals surface area contributed by atoms with Gasteiger partial charge in [0.2, 0.25) is 10.0 Å². The summed E-state index contributed by atoms with van der Waals surface area (Å²) >= 11 is 0. The highest BCUT2D eigenvalue weighted by molar-refractivity contribution is 7.89. The third-order valence-electron chi connectivity index (χ3n) is 3.21. The number of rotatable bonds is 5. The summed E-state index contributed by atoms with van der Waals surface area (Å²) in [6.45, 7) is 5.13. The molecule has 0 unspecified atom stereocenters. The Morgan fingerprint density at radius 2 is 2.00 bits per heavy atom. The van der Waals surface area contributed by atoms with Crippen LogP contribution in [0.1, 0.15) is 26.7 Å². The van der Waals surface area contributed by atoms with E-state index in [1.807, 2.05) is 6.07 Å². The second kappa shape index (κ2) is 5.02. The molecule has 1 aromatic rings. The van der Waals surface area contributed by atoms with Crippen molar-refractivity contribution < 1.29 is 8.42 Å². The zero-order valence-electron chi connectivity index (χ0n) is 11.3. The van der Waals surface area contributed by atoms with Crippen molar-refractivity contribution in [1.82, 2.24) is 0 Å². The van der Waals surface area contributed by atoms with Crippen LogP contribution in [0.25, 0.3) is 0 Å². The van der Waals surface area contributed by atoms with Crippen molar-refractivity contribution in [2.45, 2.75) is 37.6 Å². The molecule has 1 saturated carbocycles. The zero-order valence-corrected chi connectivity index (χ0v) is 12.2. The molecular weight excluding hydrogens is 262 g/mol. The Kier molecular flexibility index (Phi) is 3.73. The molecular formula is C13H21N3O2S. The lowest BCUT2D eigenvalue weighted by atomic mass is 10.1. The van der Waals surface area contributed by atoms with Crippen LogP contribution in [0.2, 0.25) is 0 Å². The molecule has 0 heterocycles. The van der Waals surface area contributed by atoms with E-state index >= 15 is 0 Å². The van der Waals surface area contributed by atoms with Gasteiger partial charge >= 0.3 is 0 Å². The van der Waals surface area contributed by atoms with Gasteiger partial charge in [-0.05, 0) is 30.9 Å². The summed E-state index contributed by atoms with van der Waals surface area (Å²) in [6, 6.07) is 5.49. The Hall–Kier alpha value is -1.27. The fraction of sp³-hybridized carbons (Fsp3) is 0.538. The standard InChI is InChI=1S/C13H21N3O2S/c1-9(2)8-16(10-6-7-10)11-4-3-5-12(13(11)14)19(15,17)18/h3-5,9-10H,6-8,14H2,1-2H3,(H2,15,17,18). The Labute approximate surface area is 114 Å². The minimum absolute atomic E-state index is 0.0133. The molecule has 0 radical (unpaired) electrons. The van der Waals surface area contributed by atoms with E-state index in [0.29, 0.717) is 12.0 Å². The number of primary sulfonamides is 1. The van der Waals surface area contributed by atoms with Gasteiger partial charge in [-0.2, -0.15) is 0 Å². The van der Waals surface area contributed by atoms with Crippen LogP contribution in [0.4, 0.5) is 11.4 Å². The molecule has 0 aromatic heterocycles. The van der Waals surface area contributed by atoms with Crippen LogP contribution in [0.3, 0.4) is 0 Å². The van der Waals surface area contributed by atoms with Gasteiger partial charge < -0.3 is 10.6 Å². The number of nitrogens with zero attached hydrogens (tertiary/aromatic N) is 1. The number of anilines is 2. The van der Waals surface area contributed by atoms with Crippen LogP contribution in [0.15, 0.2) is 23.1 Å². The summed E-state index contributed by atoms with van der Waals surface area (Å²) in [4.78, 5) is 2.22. The third kappa shape index (κ3) is 3.19. The zero-order chi connectivity index (χ0) is 14.2. The van der Waals surface area contributed by atoms with Crippen LogP contribution in [-0.2, 0) is 10.0 Å². The molecule has 0 atom stereocenters. The highest BCUT2D eigenvalue weighted by atomic mass is 32.2. The number of para-hydroxylation sites is 1. The maximum Gasteiger partial charge on any atom is 0.240 e. The van der Waals surface area contributed by atoms with Crippen molar-refractivity contribution >= 4 is 21.4 Å². The lowest BCUT2D eigenvalue weighted by molar-refractivity contribution is 0.597. The first-order valence-corrected chi connectivity index (χ1v) is 8.03. The summed E-state index contributed by atoms with van der Waals surface area (Å²) in [5, 5.41) is 5.19. The molecule has 4 N–H and O–H groups in total. The minimum atomic E-state index is -3.77. The van der Waals surface area contributed by atoms with E-state index in [0.717, 1.165) is 25.1 Å². The van der Waals surface area contributed by atoms with Gasteiger partial charge in [-0.3, -0.25) is 0 Å². The van der Waals surface area contributed by atoms with E-state index in [1.165, 1.54) is 6.07 Å². The number of nitrogen functional groups attached to an aromatic ring is 1. The van der Waals surface area contributed by atoms with Crippen molar-refractivity contribution in [2.75, 3.05) is 17.2 Å². The van der Waals surface area contributed by atoms with Gasteiger partial charge in [-0.25, -0.2) is 13.6 Å². The lowest BCUT2D eigenvalue weighted by Crippen LogP contribution is -2.31. The molecule has 0 bridgehead atoms. The normalized spacial score (nSPS) is 15.8. The number of nitrogens with two attached hydrogens (primary N) is 2. The Morgan fingerprint density at radius 3 is 2.47 bits per heavy atom. The molecule has 5 nitrogen and oxygen atoms in total.